The van der Waals surface area contributed by atoms with Crippen molar-refractivity contribution in [1.29, 1.82) is 0 Å². The summed E-state index contributed by atoms with van der Waals surface area (Å²) in [4.78, 5) is 13.5. The molecule has 0 saturated heterocycles. The highest BCUT2D eigenvalue weighted by atomic mass is 15.7. The van der Waals surface area contributed by atoms with Gasteiger partial charge in [-0.1, -0.05) is 38.2 Å². The summed E-state index contributed by atoms with van der Waals surface area (Å²) in [5, 5.41) is 2.04. The molecule has 154 valence electrons. The lowest BCUT2D eigenvalue weighted by Gasteiger charge is -2.22. The Morgan fingerprint density at radius 3 is 2.66 bits per heavy atom. The minimum Gasteiger partial charge on any atom is -0.300 e. The number of allylic oxidation sites excluding steroid dienone is 1. The van der Waals surface area contributed by atoms with Crippen molar-refractivity contribution in [3.63, 3.8) is 0 Å². The summed E-state index contributed by atoms with van der Waals surface area (Å²) in [5.41, 5.74) is 14.4. The quantitative estimate of drug-likeness (QED) is 0.778. The monoisotopic (exact) mass is 392 g/mol. The minimum absolute atomic E-state index is 0.832. The number of hydrogen-bond acceptors (Lipinski definition) is 6. The fourth-order valence-electron chi connectivity index (χ4n) is 4.49. The summed E-state index contributed by atoms with van der Waals surface area (Å²) in [6.07, 6.45) is 11.5. The van der Waals surface area contributed by atoms with Gasteiger partial charge in [0, 0.05) is 24.1 Å². The first-order valence-corrected chi connectivity index (χ1v) is 10.8. The summed E-state index contributed by atoms with van der Waals surface area (Å²) in [7, 11) is 2.03. The highest BCUT2D eigenvalue weighted by Gasteiger charge is 2.22. The number of pyridine rings is 1. The fourth-order valence-corrected chi connectivity index (χ4v) is 4.49. The Balaban J connectivity index is 1.50. The molecule has 2 aliphatic rings. The van der Waals surface area contributed by atoms with Crippen LogP contribution in [0.4, 0.5) is 0 Å². The molecule has 2 aromatic rings. The van der Waals surface area contributed by atoms with Crippen molar-refractivity contribution in [3.05, 3.63) is 58.6 Å². The maximum absolute atomic E-state index is 4.96. The maximum Gasteiger partial charge on any atom is 0.115 e. The van der Waals surface area contributed by atoms with E-state index in [1.165, 1.54) is 49.8 Å². The second-order valence-electron chi connectivity index (χ2n) is 8.42. The molecule has 2 aromatic heterocycles. The van der Waals surface area contributed by atoms with Gasteiger partial charge < -0.3 is 0 Å². The number of aromatic nitrogens is 3. The van der Waals surface area contributed by atoms with Gasteiger partial charge in [-0.05, 0) is 56.7 Å². The first-order valence-electron chi connectivity index (χ1n) is 10.8. The van der Waals surface area contributed by atoms with Crippen molar-refractivity contribution in [2.45, 2.75) is 65.2 Å². The third-order valence-corrected chi connectivity index (χ3v) is 6.21. The highest BCUT2D eigenvalue weighted by molar-refractivity contribution is 5.65. The Kier molecular flexibility index (Phi) is 6.09. The molecule has 1 aliphatic heterocycles. The van der Waals surface area contributed by atoms with Gasteiger partial charge >= 0.3 is 0 Å². The van der Waals surface area contributed by atoms with Crippen LogP contribution in [0.5, 0.6) is 0 Å². The summed E-state index contributed by atoms with van der Waals surface area (Å²) < 4.78 is 0. The molecule has 0 radical (unpaired) electrons. The molecule has 29 heavy (non-hydrogen) atoms. The molecule has 1 aliphatic carbocycles. The Labute approximate surface area is 173 Å². The molecule has 1 fully saturated rings. The summed E-state index contributed by atoms with van der Waals surface area (Å²) >= 11 is 0. The normalized spacial score (nSPS) is 17.7. The molecule has 0 aromatic carbocycles. The van der Waals surface area contributed by atoms with E-state index >= 15 is 0 Å². The van der Waals surface area contributed by atoms with E-state index in [-0.39, 0.29) is 0 Å². The van der Waals surface area contributed by atoms with Gasteiger partial charge in [-0.15, -0.1) is 5.53 Å². The highest BCUT2D eigenvalue weighted by Crippen LogP contribution is 2.29. The van der Waals surface area contributed by atoms with Crippen molar-refractivity contribution in [2.24, 2.45) is 5.92 Å². The van der Waals surface area contributed by atoms with Crippen LogP contribution in [0.15, 0.2) is 30.2 Å². The molecule has 0 bridgehead atoms. The summed E-state index contributed by atoms with van der Waals surface area (Å²) in [5.74, 6) is 0.832. The van der Waals surface area contributed by atoms with Crippen LogP contribution in [-0.4, -0.2) is 27.0 Å². The zero-order chi connectivity index (χ0) is 20.2. The molecule has 6 nitrogen and oxygen atoms in total. The number of nitrogens with zero attached hydrogens (tertiary/aromatic N) is 4. The van der Waals surface area contributed by atoms with Gasteiger partial charge in [0.05, 0.1) is 17.1 Å². The van der Waals surface area contributed by atoms with Crippen LogP contribution in [0.1, 0.15) is 66.9 Å². The predicted molar refractivity (Wildman–Crippen MR) is 115 cm³/mol. The second-order valence-corrected chi connectivity index (χ2v) is 8.42. The van der Waals surface area contributed by atoms with Crippen molar-refractivity contribution in [1.82, 2.24) is 30.9 Å². The zero-order valence-electron chi connectivity index (χ0n) is 17.8. The molecule has 2 N–H and O–H groups in total. The van der Waals surface area contributed by atoms with E-state index in [9.17, 15) is 0 Å². The van der Waals surface area contributed by atoms with Crippen molar-refractivity contribution < 1.29 is 0 Å². The minimum atomic E-state index is 0.832. The second kappa shape index (κ2) is 8.91. The van der Waals surface area contributed by atoms with E-state index in [0.717, 1.165) is 47.2 Å². The average Bonchev–Trinajstić information content (AvgIpc) is 3.09. The Morgan fingerprint density at radius 2 is 1.90 bits per heavy atom. The lowest BCUT2D eigenvalue weighted by molar-refractivity contribution is 0.298. The molecular weight excluding hydrogens is 360 g/mol. The third kappa shape index (κ3) is 4.75. The Morgan fingerprint density at radius 1 is 1.07 bits per heavy atom. The topological polar surface area (TPSA) is 66.0 Å². The van der Waals surface area contributed by atoms with Gasteiger partial charge in [0.2, 0.25) is 0 Å². The van der Waals surface area contributed by atoms with Gasteiger partial charge in [-0.2, -0.15) is 0 Å². The smallest absolute Gasteiger partial charge is 0.115 e. The first-order chi connectivity index (χ1) is 14.1. The molecule has 6 heteroatoms. The largest absolute Gasteiger partial charge is 0.300 e. The lowest BCUT2D eigenvalue weighted by Crippen LogP contribution is -2.34. The average molecular weight is 393 g/mol. The Hall–Kier alpha value is -2.47. The number of hydrogen-bond donors (Lipinski definition) is 2. The summed E-state index contributed by atoms with van der Waals surface area (Å²) in [6.45, 7) is 4.15. The molecule has 0 unspecified atom stereocenters. The van der Waals surface area contributed by atoms with Crippen LogP contribution in [0.25, 0.3) is 5.70 Å². The van der Waals surface area contributed by atoms with Crippen LogP contribution >= 0.6 is 0 Å². The van der Waals surface area contributed by atoms with Crippen LogP contribution in [-0.2, 0) is 12.8 Å². The number of nitrogens with one attached hydrogen (secondary N) is 2. The summed E-state index contributed by atoms with van der Waals surface area (Å²) in [6, 6.07) is 6.51. The lowest BCUT2D eigenvalue weighted by atomic mass is 9.84. The third-order valence-electron chi connectivity index (χ3n) is 6.21. The Bertz CT molecular complexity index is 885. The maximum atomic E-state index is 4.96. The van der Waals surface area contributed by atoms with E-state index < -0.39 is 0 Å². The van der Waals surface area contributed by atoms with Crippen molar-refractivity contribution in [2.75, 3.05) is 7.05 Å². The van der Waals surface area contributed by atoms with Crippen molar-refractivity contribution >= 4 is 5.70 Å². The molecule has 3 heterocycles. The molecule has 1 saturated carbocycles. The molecular formula is C23H32N6. The van der Waals surface area contributed by atoms with E-state index in [4.69, 9.17) is 4.98 Å². The standard InChI is InChI=1S/C23H32N6/c1-16-13-20(25-15-24-16)10-12-22-23(27-28-29(22)3)21-11-9-19(17(2)26-21)14-18-7-5-4-6-8-18/h9,11,13,15,18,27-28H,4-8,10,12,14H2,1-3H3. The van der Waals surface area contributed by atoms with Gasteiger partial charge in [0.15, 0.2) is 0 Å². The molecule has 0 atom stereocenters. The van der Waals surface area contributed by atoms with Gasteiger partial charge in [-0.25, -0.2) is 9.97 Å². The van der Waals surface area contributed by atoms with Crippen LogP contribution in [0.3, 0.4) is 0 Å². The van der Waals surface area contributed by atoms with Gasteiger partial charge in [-0.3, -0.25) is 15.4 Å². The van der Waals surface area contributed by atoms with Crippen LogP contribution < -0.4 is 11.0 Å². The number of aryl methyl sites for hydroxylation is 3. The van der Waals surface area contributed by atoms with E-state index in [2.05, 4.69) is 46.1 Å². The van der Waals surface area contributed by atoms with E-state index in [1.54, 1.807) is 6.33 Å². The van der Waals surface area contributed by atoms with E-state index in [1.807, 2.05) is 19.0 Å². The van der Waals surface area contributed by atoms with E-state index in [0.29, 0.717) is 0 Å². The SMILES string of the molecule is Cc1cc(CCC2=C(c3ccc(CC4CCCCC4)c(C)n3)NNN2C)ncn1. The predicted octanol–water partition coefficient (Wildman–Crippen LogP) is 3.87. The zero-order valence-corrected chi connectivity index (χ0v) is 17.8. The number of hydrazine groups is 2. The van der Waals surface area contributed by atoms with Crippen LogP contribution in [0.2, 0.25) is 0 Å². The fraction of sp³-hybridized carbons (Fsp3) is 0.522. The molecule has 4 rings (SSSR count). The molecule has 0 spiro atoms. The number of rotatable bonds is 6. The molecule has 0 amide bonds. The van der Waals surface area contributed by atoms with Crippen LogP contribution in [0, 0.1) is 19.8 Å². The first kappa shape index (κ1) is 19.8. The van der Waals surface area contributed by atoms with Gasteiger partial charge in [0.1, 0.15) is 6.33 Å². The van der Waals surface area contributed by atoms with Gasteiger partial charge in [0.25, 0.3) is 0 Å². The van der Waals surface area contributed by atoms with Crippen molar-refractivity contribution in [3.8, 4) is 0 Å².